The Kier molecular flexibility index (Phi) is 14.8. The first-order chi connectivity index (χ1) is 10.7. The number of nitrogens with zero attached hydrogens (tertiary/aromatic N) is 1. The Morgan fingerprint density at radius 3 is 2.46 bits per heavy atom. The van der Waals surface area contributed by atoms with Crippen LogP contribution in [-0.2, 0) is 4.74 Å². The Morgan fingerprint density at radius 1 is 1.15 bits per heavy atom. The number of rotatable bonds is 4. The van der Waals surface area contributed by atoms with E-state index < -0.39 is 0 Å². The number of benzene rings is 1. The van der Waals surface area contributed by atoms with Crippen LogP contribution in [0, 0.1) is 0 Å². The van der Waals surface area contributed by atoms with E-state index in [-0.39, 0.29) is 61.8 Å². The smallest absolute Gasteiger partial charge is 0.0897 e. The molecule has 26 heavy (non-hydrogen) atoms. The van der Waals surface area contributed by atoms with Crippen molar-refractivity contribution < 1.29 is 4.74 Å². The molecule has 3 rings (SSSR count). The van der Waals surface area contributed by atoms with Gasteiger partial charge in [0, 0.05) is 31.9 Å². The van der Waals surface area contributed by atoms with Crippen LogP contribution in [0.15, 0.2) is 18.2 Å². The maximum atomic E-state index is 6.19. The van der Waals surface area contributed by atoms with E-state index in [0.29, 0.717) is 0 Å². The SMILES string of the molecule is CC(Nc1ccc(N)c(N2CCCCC2)c1)C1CNCCO1.Cl.Cl.Cl.Cl. The highest BCUT2D eigenvalue weighted by atomic mass is 35.5. The van der Waals surface area contributed by atoms with Crippen LogP contribution < -0.4 is 21.3 Å². The molecule has 0 aromatic heterocycles. The first-order valence-corrected chi connectivity index (χ1v) is 8.47. The van der Waals surface area contributed by atoms with Gasteiger partial charge in [0.05, 0.1) is 30.1 Å². The molecule has 0 aliphatic carbocycles. The Labute approximate surface area is 181 Å². The van der Waals surface area contributed by atoms with E-state index in [1.807, 2.05) is 6.07 Å². The van der Waals surface area contributed by atoms with Gasteiger partial charge in [0.2, 0.25) is 0 Å². The van der Waals surface area contributed by atoms with E-state index in [0.717, 1.165) is 44.2 Å². The van der Waals surface area contributed by atoms with Gasteiger partial charge in [-0.05, 0) is 44.4 Å². The molecule has 1 aromatic carbocycles. The Balaban J connectivity index is 0. The Bertz CT molecular complexity index is 498. The van der Waals surface area contributed by atoms with Gasteiger partial charge in [-0.25, -0.2) is 0 Å². The maximum absolute atomic E-state index is 6.19. The van der Waals surface area contributed by atoms with Crippen molar-refractivity contribution in [2.45, 2.75) is 38.3 Å². The number of nitrogens with two attached hydrogens (primary N) is 1. The van der Waals surface area contributed by atoms with E-state index in [2.05, 4.69) is 34.6 Å². The van der Waals surface area contributed by atoms with Crippen LogP contribution >= 0.6 is 49.6 Å². The molecule has 2 aliphatic heterocycles. The minimum Gasteiger partial charge on any atom is -0.397 e. The highest BCUT2D eigenvalue weighted by molar-refractivity contribution is 5.86. The number of hydrogen-bond donors (Lipinski definition) is 3. The third-order valence-corrected chi connectivity index (χ3v) is 4.64. The molecule has 154 valence electrons. The lowest BCUT2D eigenvalue weighted by atomic mass is 10.1. The van der Waals surface area contributed by atoms with E-state index in [1.54, 1.807) is 0 Å². The third-order valence-electron chi connectivity index (χ3n) is 4.64. The lowest BCUT2D eigenvalue weighted by Crippen LogP contribution is -2.46. The van der Waals surface area contributed by atoms with Gasteiger partial charge in [0.25, 0.3) is 0 Å². The van der Waals surface area contributed by atoms with Crippen LogP contribution in [0.2, 0.25) is 0 Å². The van der Waals surface area contributed by atoms with Crippen molar-refractivity contribution in [1.82, 2.24) is 5.32 Å². The van der Waals surface area contributed by atoms with Crippen LogP contribution in [0.4, 0.5) is 17.1 Å². The number of nitrogens with one attached hydrogen (secondary N) is 2. The Hall–Kier alpha value is -0.300. The second-order valence-electron chi connectivity index (χ2n) is 6.37. The van der Waals surface area contributed by atoms with Crippen molar-refractivity contribution in [1.29, 1.82) is 0 Å². The molecular formula is C17H32Cl4N4O. The zero-order valence-corrected chi connectivity index (χ0v) is 18.4. The second kappa shape index (κ2) is 13.8. The summed E-state index contributed by atoms with van der Waals surface area (Å²) in [5.41, 5.74) is 9.35. The summed E-state index contributed by atoms with van der Waals surface area (Å²) in [5.74, 6) is 0. The van der Waals surface area contributed by atoms with Crippen molar-refractivity contribution in [3.63, 3.8) is 0 Å². The number of anilines is 3. The van der Waals surface area contributed by atoms with Crippen molar-refractivity contribution in [2.24, 2.45) is 0 Å². The fourth-order valence-corrected chi connectivity index (χ4v) is 3.30. The van der Waals surface area contributed by atoms with Crippen molar-refractivity contribution in [3.05, 3.63) is 18.2 Å². The minimum absolute atomic E-state index is 0. The van der Waals surface area contributed by atoms with Gasteiger partial charge in [0.15, 0.2) is 0 Å². The molecular weight excluding hydrogens is 418 g/mol. The lowest BCUT2D eigenvalue weighted by Gasteiger charge is -2.32. The molecule has 0 saturated carbocycles. The molecule has 2 unspecified atom stereocenters. The molecule has 2 fully saturated rings. The van der Waals surface area contributed by atoms with Crippen LogP contribution in [0.5, 0.6) is 0 Å². The molecule has 2 aliphatic rings. The standard InChI is InChI=1S/C17H28N4O.4ClH/c1-13(17-12-19-7-10-22-17)20-14-5-6-15(18)16(11-14)21-8-3-2-4-9-21;;;;/h5-6,11,13,17,19-20H,2-4,7-10,12,18H2,1H3;4*1H. The summed E-state index contributed by atoms with van der Waals surface area (Å²) in [4.78, 5) is 2.41. The Morgan fingerprint density at radius 2 is 1.85 bits per heavy atom. The van der Waals surface area contributed by atoms with Gasteiger partial charge in [-0.1, -0.05) is 0 Å². The number of halogens is 4. The van der Waals surface area contributed by atoms with Gasteiger partial charge >= 0.3 is 0 Å². The number of nitrogen functional groups attached to an aromatic ring is 1. The summed E-state index contributed by atoms with van der Waals surface area (Å²) in [7, 11) is 0. The van der Waals surface area contributed by atoms with E-state index in [9.17, 15) is 0 Å². The lowest BCUT2D eigenvalue weighted by molar-refractivity contribution is 0.0201. The van der Waals surface area contributed by atoms with E-state index >= 15 is 0 Å². The first kappa shape index (κ1) is 27.9. The van der Waals surface area contributed by atoms with Gasteiger partial charge < -0.3 is 26.0 Å². The molecule has 1 aromatic rings. The first-order valence-electron chi connectivity index (χ1n) is 8.47. The average Bonchev–Trinajstić information content (AvgIpc) is 2.58. The molecule has 0 bridgehead atoms. The minimum atomic E-state index is 0. The largest absolute Gasteiger partial charge is 0.397 e. The van der Waals surface area contributed by atoms with Gasteiger partial charge in [-0.2, -0.15) is 0 Å². The second-order valence-corrected chi connectivity index (χ2v) is 6.37. The van der Waals surface area contributed by atoms with Crippen LogP contribution in [0.25, 0.3) is 0 Å². The fraction of sp³-hybridized carbons (Fsp3) is 0.647. The zero-order chi connectivity index (χ0) is 15.4. The fourth-order valence-electron chi connectivity index (χ4n) is 3.30. The summed E-state index contributed by atoms with van der Waals surface area (Å²) in [6.07, 6.45) is 4.06. The molecule has 4 N–H and O–H groups in total. The predicted molar refractivity (Wildman–Crippen MR) is 122 cm³/mol. The van der Waals surface area contributed by atoms with Crippen LogP contribution in [0.3, 0.4) is 0 Å². The normalized spacial score (nSPS) is 20.3. The van der Waals surface area contributed by atoms with Crippen molar-refractivity contribution in [3.8, 4) is 0 Å². The highest BCUT2D eigenvalue weighted by Crippen LogP contribution is 2.29. The van der Waals surface area contributed by atoms with Crippen LogP contribution in [-0.4, -0.2) is 44.9 Å². The summed E-state index contributed by atoms with van der Waals surface area (Å²) < 4.78 is 5.82. The molecule has 0 radical (unpaired) electrons. The molecule has 5 nitrogen and oxygen atoms in total. The van der Waals surface area contributed by atoms with E-state index in [1.165, 1.54) is 24.9 Å². The predicted octanol–water partition coefficient (Wildman–Crippen LogP) is 3.74. The molecule has 2 heterocycles. The zero-order valence-electron chi connectivity index (χ0n) is 15.1. The number of ether oxygens (including phenoxy) is 1. The maximum Gasteiger partial charge on any atom is 0.0897 e. The van der Waals surface area contributed by atoms with Crippen molar-refractivity contribution in [2.75, 3.05) is 48.7 Å². The van der Waals surface area contributed by atoms with E-state index in [4.69, 9.17) is 10.5 Å². The molecule has 2 saturated heterocycles. The highest BCUT2D eigenvalue weighted by Gasteiger charge is 2.21. The topological polar surface area (TPSA) is 62.5 Å². The summed E-state index contributed by atoms with van der Waals surface area (Å²) in [5, 5.41) is 6.95. The van der Waals surface area contributed by atoms with Crippen LogP contribution in [0.1, 0.15) is 26.2 Å². The average molecular weight is 450 g/mol. The molecule has 0 amide bonds. The quantitative estimate of drug-likeness (QED) is 0.611. The summed E-state index contributed by atoms with van der Waals surface area (Å²) in [6.45, 7) is 7.04. The molecule has 9 heteroatoms. The van der Waals surface area contributed by atoms with Gasteiger partial charge in [0.1, 0.15) is 0 Å². The number of piperidine rings is 1. The third kappa shape index (κ3) is 7.37. The monoisotopic (exact) mass is 448 g/mol. The van der Waals surface area contributed by atoms with Gasteiger partial charge in [-0.3, -0.25) is 0 Å². The molecule has 2 atom stereocenters. The summed E-state index contributed by atoms with van der Waals surface area (Å²) in [6, 6.07) is 6.53. The van der Waals surface area contributed by atoms with Crippen molar-refractivity contribution >= 4 is 66.7 Å². The molecule has 0 spiro atoms. The summed E-state index contributed by atoms with van der Waals surface area (Å²) >= 11 is 0. The number of morpholine rings is 1. The van der Waals surface area contributed by atoms with Gasteiger partial charge in [-0.15, -0.1) is 49.6 Å². The number of hydrogen-bond acceptors (Lipinski definition) is 5.